The van der Waals surface area contributed by atoms with Crippen LogP contribution in [0.2, 0.25) is 0 Å². The Balaban J connectivity index is 1.28. The first-order valence-corrected chi connectivity index (χ1v) is 18.3. The van der Waals surface area contributed by atoms with E-state index < -0.39 is 5.97 Å². The van der Waals surface area contributed by atoms with Crippen LogP contribution in [0.1, 0.15) is 133 Å². The molecule has 0 aliphatic carbocycles. The van der Waals surface area contributed by atoms with Crippen molar-refractivity contribution in [2.75, 3.05) is 12.4 Å². The van der Waals surface area contributed by atoms with Crippen molar-refractivity contribution in [1.82, 2.24) is 10.2 Å². The molecule has 0 aliphatic heterocycles. The zero-order chi connectivity index (χ0) is 31.8. The molecule has 0 spiro atoms. The van der Waals surface area contributed by atoms with Crippen LogP contribution >= 0.6 is 11.8 Å². The number of carbonyl (C=O) groups excluding carboxylic acids is 1. The minimum absolute atomic E-state index is 0.411. The van der Waals surface area contributed by atoms with Gasteiger partial charge < -0.3 is 13.9 Å². The van der Waals surface area contributed by atoms with Gasteiger partial charge in [-0.3, -0.25) is 0 Å². The number of rotatable bonds is 26. The van der Waals surface area contributed by atoms with Crippen molar-refractivity contribution in [3.8, 4) is 23.0 Å². The Bertz CT molecular complexity index is 1190. The number of esters is 1. The molecule has 0 saturated carbocycles. The SMILES string of the molecule is C=CCCCCCCCCCOc1ccc(C(=O)Oc2ccc(-c3nnc(SCCCCCCCCCCCC)o3)cc2)cc1. The number of nitrogens with zero attached hydrogens (tertiary/aromatic N) is 2. The zero-order valence-electron chi connectivity index (χ0n) is 27.5. The normalized spacial score (nSPS) is 11.0. The molecule has 0 bridgehead atoms. The Hall–Kier alpha value is -3.06. The third kappa shape index (κ3) is 15.7. The van der Waals surface area contributed by atoms with Gasteiger partial charge in [-0.05, 0) is 74.2 Å². The predicted octanol–water partition coefficient (Wildman–Crippen LogP) is 11.7. The highest BCUT2D eigenvalue weighted by Gasteiger charge is 2.12. The minimum atomic E-state index is -0.411. The fourth-order valence-corrected chi connectivity index (χ4v) is 5.88. The first-order valence-electron chi connectivity index (χ1n) is 17.3. The van der Waals surface area contributed by atoms with E-state index in [-0.39, 0.29) is 0 Å². The fraction of sp³-hybridized carbons (Fsp3) is 0.553. The lowest BCUT2D eigenvalue weighted by molar-refractivity contribution is 0.0734. The molecule has 0 radical (unpaired) electrons. The molecule has 3 rings (SSSR count). The number of unbranched alkanes of at least 4 members (excludes halogenated alkanes) is 16. The topological polar surface area (TPSA) is 74.5 Å². The van der Waals surface area contributed by atoms with E-state index in [0.717, 1.165) is 36.3 Å². The van der Waals surface area contributed by atoms with Gasteiger partial charge >= 0.3 is 5.97 Å². The van der Waals surface area contributed by atoms with Gasteiger partial charge in [0.2, 0.25) is 5.89 Å². The van der Waals surface area contributed by atoms with E-state index in [0.29, 0.717) is 29.0 Å². The summed E-state index contributed by atoms with van der Waals surface area (Å²) >= 11 is 1.61. The van der Waals surface area contributed by atoms with Gasteiger partial charge in [0.05, 0.1) is 12.2 Å². The van der Waals surface area contributed by atoms with Crippen LogP contribution in [0.25, 0.3) is 11.5 Å². The van der Waals surface area contributed by atoms with Crippen LogP contribution in [0.5, 0.6) is 11.5 Å². The highest BCUT2D eigenvalue weighted by Crippen LogP contribution is 2.26. The van der Waals surface area contributed by atoms with Crippen LogP contribution in [-0.2, 0) is 0 Å². The second-order valence-electron chi connectivity index (χ2n) is 11.7. The standard InChI is InChI=1S/C38H54N2O4S/c1-3-5-7-9-11-13-15-17-19-21-31-45-38-40-39-36(44-38)32-22-28-35(29-23-32)43-37(41)33-24-26-34(27-25-33)42-30-20-18-16-14-12-10-8-6-4-2/h4,22-29H,2-3,5-21,30-31H2,1H3. The molecule has 0 N–H and O–H groups in total. The van der Waals surface area contributed by atoms with Crippen molar-refractivity contribution in [3.05, 3.63) is 66.7 Å². The van der Waals surface area contributed by atoms with Crippen LogP contribution in [0.15, 0.2) is 70.8 Å². The molecule has 0 aliphatic rings. The van der Waals surface area contributed by atoms with E-state index in [9.17, 15) is 4.79 Å². The first kappa shape index (κ1) is 36.4. The largest absolute Gasteiger partial charge is 0.494 e. The molecular weight excluding hydrogens is 580 g/mol. The highest BCUT2D eigenvalue weighted by molar-refractivity contribution is 7.99. The molecule has 0 saturated heterocycles. The molecule has 3 aromatic rings. The summed E-state index contributed by atoms with van der Waals surface area (Å²) < 4.78 is 17.3. The quantitative estimate of drug-likeness (QED) is 0.0286. The second kappa shape index (κ2) is 23.3. The average molecular weight is 635 g/mol. The molecule has 0 amide bonds. The molecule has 0 unspecified atom stereocenters. The van der Waals surface area contributed by atoms with E-state index in [4.69, 9.17) is 13.9 Å². The number of thioether (sulfide) groups is 1. The number of allylic oxidation sites excluding steroid dienone is 1. The van der Waals surface area contributed by atoms with Gasteiger partial charge in [0.25, 0.3) is 5.22 Å². The molecule has 7 heteroatoms. The molecular formula is C38H54N2O4S. The maximum atomic E-state index is 12.7. The second-order valence-corrected chi connectivity index (χ2v) is 12.8. The van der Waals surface area contributed by atoms with E-state index in [2.05, 4.69) is 23.7 Å². The fourth-order valence-electron chi connectivity index (χ4n) is 5.12. The monoisotopic (exact) mass is 634 g/mol. The molecule has 1 heterocycles. The third-order valence-corrected chi connectivity index (χ3v) is 8.76. The number of aromatic nitrogens is 2. The summed E-state index contributed by atoms with van der Waals surface area (Å²) in [6.07, 6.45) is 25.0. The molecule has 1 aromatic heterocycles. The Morgan fingerprint density at radius 2 is 1.31 bits per heavy atom. The van der Waals surface area contributed by atoms with Crippen molar-refractivity contribution in [3.63, 3.8) is 0 Å². The van der Waals surface area contributed by atoms with Gasteiger partial charge in [-0.25, -0.2) is 4.79 Å². The summed E-state index contributed by atoms with van der Waals surface area (Å²) in [5.41, 5.74) is 1.27. The van der Waals surface area contributed by atoms with Crippen molar-refractivity contribution >= 4 is 17.7 Å². The van der Waals surface area contributed by atoms with Gasteiger partial charge in [-0.1, -0.05) is 115 Å². The van der Waals surface area contributed by atoms with Crippen LogP contribution in [0.4, 0.5) is 0 Å². The van der Waals surface area contributed by atoms with Crippen LogP contribution < -0.4 is 9.47 Å². The average Bonchev–Trinajstić information content (AvgIpc) is 3.54. The number of ether oxygens (including phenoxy) is 2. The summed E-state index contributed by atoms with van der Waals surface area (Å²) in [6, 6.07) is 14.3. The van der Waals surface area contributed by atoms with E-state index >= 15 is 0 Å². The molecule has 0 atom stereocenters. The minimum Gasteiger partial charge on any atom is -0.494 e. The van der Waals surface area contributed by atoms with Gasteiger partial charge in [-0.2, -0.15) is 0 Å². The maximum absolute atomic E-state index is 12.7. The summed E-state index contributed by atoms with van der Waals surface area (Å²) in [5.74, 6) is 2.26. The predicted molar refractivity (Wildman–Crippen MR) is 186 cm³/mol. The lowest BCUT2D eigenvalue weighted by Gasteiger charge is -2.08. The van der Waals surface area contributed by atoms with Crippen molar-refractivity contribution in [1.29, 1.82) is 0 Å². The lowest BCUT2D eigenvalue weighted by atomic mass is 10.1. The lowest BCUT2D eigenvalue weighted by Crippen LogP contribution is -2.08. The maximum Gasteiger partial charge on any atom is 0.343 e. The van der Waals surface area contributed by atoms with Gasteiger partial charge in [0, 0.05) is 11.3 Å². The smallest absolute Gasteiger partial charge is 0.343 e. The molecule has 246 valence electrons. The van der Waals surface area contributed by atoms with Crippen molar-refractivity contribution in [2.45, 2.75) is 128 Å². The Morgan fingerprint density at radius 3 is 1.96 bits per heavy atom. The number of carbonyl (C=O) groups is 1. The third-order valence-electron chi connectivity index (χ3n) is 7.85. The summed E-state index contributed by atoms with van der Waals surface area (Å²) in [5, 5.41) is 8.97. The molecule has 2 aromatic carbocycles. The zero-order valence-corrected chi connectivity index (χ0v) is 28.3. The number of benzene rings is 2. The van der Waals surface area contributed by atoms with E-state index in [1.54, 1.807) is 36.0 Å². The van der Waals surface area contributed by atoms with Crippen molar-refractivity contribution < 1.29 is 18.7 Å². The van der Waals surface area contributed by atoms with Crippen LogP contribution in [0, 0.1) is 0 Å². The van der Waals surface area contributed by atoms with Crippen LogP contribution in [-0.4, -0.2) is 28.5 Å². The molecule has 45 heavy (non-hydrogen) atoms. The summed E-state index contributed by atoms with van der Waals surface area (Å²) in [6.45, 7) is 6.72. The first-order chi connectivity index (χ1) is 22.2. The summed E-state index contributed by atoms with van der Waals surface area (Å²) in [7, 11) is 0. The van der Waals surface area contributed by atoms with Gasteiger partial charge in [0.15, 0.2) is 0 Å². The molecule has 6 nitrogen and oxygen atoms in total. The highest BCUT2D eigenvalue weighted by atomic mass is 32.2. The number of hydrogen-bond acceptors (Lipinski definition) is 7. The Kier molecular flexibility index (Phi) is 18.9. The van der Waals surface area contributed by atoms with Gasteiger partial charge in [0.1, 0.15) is 11.5 Å². The number of hydrogen-bond donors (Lipinski definition) is 0. The van der Waals surface area contributed by atoms with Crippen LogP contribution in [0.3, 0.4) is 0 Å². The Labute approximate surface area is 275 Å². The van der Waals surface area contributed by atoms with E-state index in [1.807, 2.05) is 30.3 Å². The van der Waals surface area contributed by atoms with Crippen molar-refractivity contribution in [2.24, 2.45) is 0 Å². The van der Waals surface area contributed by atoms with E-state index in [1.165, 1.54) is 96.3 Å². The summed E-state index contributed by atoms with van der Waals surface area (Å²) in [4.78, 5) is 12.7. The Morgan fingerprint density at radius 1 is 0.733 bits per heavy atom. The van der Waals surface area contributed by atoms with Gasteiger partial charge in [-0.15, -0.1) is 16.8 Å². The molecule has 0 fully saturated rings.